The van der Waals surface area contributed by atoms with Crippen LogP contribution in [0.3, 0.4) is 0 Å². The molecule has 5 nitrogen and oxygen atoms in total. The van der Waals surface area contributed by atoms with E-state index in [0.717, 1.165) is 4.68 Å². The summed E-state index contributed by atoms with van der Waals surface area (Å²) in [4.78, 5) is 11.6. The van der Waals surface area contributed by atoms with Gasteiger partial charge in [0, 0.05) is 5.02 Å². The molecule has 21 heavy (non-hydrogen) atoms. The number of alkyl halides is 2. The van der Waals surface area contributed by atoms with Crippen molar-refractivity contribution in [1.82, 2.24) is 15.0 Å². The molecule has 0 atom stereocenters. The van der Waals surface area contributed by atoms with Gasteiger partial charge in [-0.25, -0.2) is 18.3 Å². The van der Waals surface area contributed by atoms with Crippen LogP contribution in [0.4, 0.5) is 8.78 Å². The Morgan fingerprint density at radius 1 is 1.48 bits per heavy atom. The average Bonchev–Trinajstić information content (AvgIpc) is 2.83. The Bertz CT molecular complexity index is 646. The molecule has 0 aliphatic heterocycles. The Labute approximate surface area is 124 Å². The Hall–Kier alpha value is -2.02. The van der Waals surface area contributed by atoms with Crippen LogP contribution in [0.5, 0.6) is 0 Å². The number of aromatic nitrogens is 3. The number of rotatable bonds is 5. The van der Waals surface area contributed by atoms with Gasteiger partial charge in [-0.3, -0.25) is 0 Å². The maximum absolute atomic E-state index is 13.2. The highest BCUT2D eigenvalue weighted by molar-refractivity contribution is 6.30. The van der Waals surface area contributed by atoms with Crippen molar-refractivity contribution in [2.45, 2.75) is 19.9 Å². The van der Waals surface area contributed by atoms with Gasteiger partial charge in [0.25, 0.3) is 6.43 Å². The molecule has 0 saturated heterocycles. The van der Waals surface area contributed by atoms with Crippen molar-refractivity contribution in [2.24, 2.45) is 0 Å². The summed E-state index contributed by atoms with van der Waals surface area (Å²) in [6.45, 7) is 1.69. The number of carbonyl (C=O) groups is 1. The third-order valence-electron chi connectivity index (χ3n) is 2.67. The van der Waals surface area contributed by atoms with E-state index in [-0.39, 0.29) is 13.2 Å². The van der Waals surface area contributed by atoms with Crippen LogP contribution in [0.15, 0.2) is 24.3 Å². The van der Waals surface area contributed by atoms with Gasteiger partial charge in [0.1, 0.15) is 5.69 Å². The predicted octanol–water partition coefficient (Wildman–Crippen LogP) is 3.09. The van der Waals surface area contributed by atoms with Crippen LogP contribution in [0.2, 0.25) is 5.02 Å². The maximum Gasteiger partial charge on any atom is 0.361 e. The molecule has 2 rings (SSSR count). The zero-order valence-corrected chi connectivity index (χ0v) is 11.8. The van der Waals surface area contributed by atoms with Gasteiger partial charge in [-0.05, 0) is 24.6 Å². The Kier molecular flexibility index (Phi) is 4.85. The van der Waals surface area contributed by atoms with Gasteiger partial charge < -0.3 is 4.74 Å². The van der Waals surface area contributed by atoms with Crippen molar-refractivity contribution in [3.63, 3.8) is 0 Å². The lowest BCUT2D eigenvalue weighted by atomic mass is 10.2. The Morgan fingerprint density at radius 2 is 2.24 bits per heavy atom. The van der Waals surface area contributed by atoms with E-state index >= 15 is 0 Å². The zero-order valence-electron chi connectivity index (χ0n) is 11.1. The zero-order chi connectivity index (χ0) is 15.4. The highest BCUT2D eigenvalue weighted by Gasteiger charge is 2.27. The number of nitrogens with zero attached hydrogens (tertiary/aromatic N) is 3. The molecule has 0 amide bonds. The summed E-state index contributed by atoms with van der Waals surface area (Å²) in [5.74, 6) is -0.912. The van der Waals surface area contributed by atoms with E-state index in [1.54, 1.807) is 31.2 Å². The van der Waals surface area contributed by atoms with Crippen LogP contribution in [-0.2, 0) is 11.3 Å². The molecule has 0 bridgehead atoms. The first-order valence-electron chi connectivity index (χ1n) is 6.16. The molecule has 8 heteroatoms. The minimum absolute atomic E-state index is 0.0344. The van der Waals surface area contributed by atoms with Crippen molar-refractivity contribution >= 4 is 17.6 Å². The summed E-state index contributed by atoms with van der Waals surface area (Å²) in [6, 6.07) is 6.71. The van der Waals surface area contributed by atoms with Gasteiger partial charge in [-0.2, -0.15) is 0 Å². The lowest BCUT2D eigenvalue weighted by Crippen LogP contribution is -2.12. The smallest absolute Gasteiger partial charge is 0.361 e. The first-order chi connectivity index (χ1) is 10.0. The van der Waals surface area contributed by atoms with Gasteiger partial charge in [0.05, 0.1) is 13.2 Å². The van der Waals surface area contributed by atoms with Crippen molar-refractivity contribution in [3.05, 3.63) is 46.2 Å². The molecule has 1 aromatic heterocycles. The molecule has 112 valence electrons. The number of hydrogen-bond donors (Lipinski definition) is 0. The molecule has 2 aromatic rings. The standard InChI is InChI=1S/C13H12ClF2N3O2/c1-2-21-13(20)10-11(12(15)16)19(18-17-10)7-8-4-3-5-9(14)6-8/h3-6,12H,2,7H2,1H3. The monoisotopic (exact) mass is 315 g/mol. The molecule has 1 heterocycles. The van der Waals surface area contributed by atoms with Gasteiger partial charge >= 0.3 is 5.97 Å². The van der Waals surface area contributed by atoms with E-state index in [4.69, 9.17) is 16.3 Å². The summed E-state index contributed by atoms with van der Waals surface area (Å²) in [5.41, 5.74) is -0.355. The molecule has 0 fully saturated rings. The molecule has 1 aromatic carbocycles. The fraction of sp³-hybridized carbons (Fsp3) is 0.308. The molecule has 0 saturated carbocycles. The number of ether oxygens (including phenoxy) is 1. The van der Waals surface area contributed by atoms with E-state index in [9.17, 15) is 13.6 Å². The second-order valence-corrected chi connectivity index (χ2v) is 4.57. The minimum Gasteiger partial charge on any atom is -0.461 e. The van der Waals surface area contributed by atoms with Gasteiger partial charge in [-0.1, -0.05) is 28.9 Å². The summed E-state index contributed by atoms with van der Waals surface area (Å²) in [7, 11) is 0. The quantitative estimate of drug-likeness (QED) is 0.796. The molecule has 0 unspecified atom stereocenters. The normalized spacial score (nSPS) is 10.9. The average molecular weight is 316 g/mol. The van der Waals surface area contributed by atoms with Gasteiger partial charge in [-0.15, -0.1) is 5.10 Å². The molecule has 0 spiro atoms. The fourth-order valence-electron chi connectivity index (χ4n) is 1.81. The number of benzene rings is 1. The summed E-state index contributed by atoms with van der Waals surface area (Å²) in [6.07, 6.45) is -2.89. The summed E-state index contributed by atoms with van der Waals surface area (Å²) >= 11 is 5.84. The molecule has 0 aliphatic rings. The van der Waals surface area contributed by atoms with Gasteiger partial charge in [0.15, 0.2) is 5.69 Å². The van der Waals surface area contributed by atoms with Crippen molar-refractivity contribution < 1.29 is 18.3 Å². The second-order valence-electron chi connectivity index (χ2n) is 4.13. The Balaban J connectivity index is 2.34. The molecule has 0 aliphatic carbocycles. The number of esters is 1. The highest BCUT2D eigenvalue weighted by Crippen LogP contribution is 2.23. The SMILES string of the molecule is CCOC(=O)c1nnn(Cc2cccc(Cl)c2)c1C(F)F. The number of carbonyl (C=O) groups excluding carboxylic acids is 1. The van der Waals surface area contributed by atoms with Gasteiger partial charge in [0.2, 0.25) is 0 Å². The van der Waals surface area contributed by atoms with Crippen molar-refractivity contribution in [3.8, 4) is 0 Å². The van der Waals surface area contributed by atoms with E-state index in [1.165, 1.54) is 0 Å². The highest BCUT2D eigenvalue weighted by atomic mass is 35.5. The first kappa shape index (κ1) is 15.4. The minimum atomic E-state index is -2.89. The van der Waals surface area contributed by atoms with Crippen LogP contribution in [0, 0.1) is 0 Å². The lowest BCUT2D eigenvalue weighted by Gasteiger charge is -2.07. The molecule has 0 N–H and O–H groups in total. The first-order valence-corrected chi connectivity index (χ1v) is 6.53. The fourth-order valence-corrected chi connectivity index (χ4v) is 2.02. The summed E-state index contributed by atoms with van der Waals surface area (Å²) in [5, 5.41) is 7.59. The van der Waals surface area contributed by atoms with E-state index < -0.39 is 23.8 Å². The van der Waals surface area contributed by atoms with Crippen molar-refractivity contribution in [2.75, 3.05) is 6.61 Å². The summed E-state index contributed by atoms with van der Waals surface area (Å²) < 4.78 is 32.0. The third-order valence-corrected chi connectivity index (χ3v) is 2.91. The topological polar surface area (TPSA) is 57.0 Å². The van der Waals surface area contributed by atoms with E-state index in [0.29, 0.717) is 10.6 Å². The Morgan fingerprint density at radius 3 is 2.86 bits per heavy atom. The second kappa shape index (κ2) is 6.62. The van der Waals surface area contributed by atoms with Crippen LogP contribution >= 0.6 is 11.6 Å². The number of halogens is 3. The molecular formula is C13H12ClF2N3O2. The maximum atomic E-state index is 13.2. The van der Waals surface area contributed by atoms with E-state index in [2.05, 4.69) is 10.3 Å². The van der Waals surface area contributed by atoms with E-state index in [1.807, 2.05) is 0 Å². The van der Waals surface area contributed by atoms with Crippen LogP contribution in [0.25, 0.3) is 0 Å². The van der Waals surface area contributed by atoms with Crippen LogP contribution < -0.4 is 0 Å². The predicted molar refractivity (Wildman–Crippen MR) is 71.5 cm³/mol. The van der Waals surface area contributed by atoms with Crippen LogP contribution in [-0.4, -0.2) is 27.6 Å². The molecular weight excluding hydrogens is 304 g/mol. The lowest BCUT2D eigenvalue weighted by molar-refractivity contribution is 0.0506. The third kappa shape index (κ3) is 3.55. The number of hydrogen-bond acceptors (Lipinski definition) is 4. The van der Waals surface area contributed by atoms with Crippen molar-refractivity contribution in [1.29, 1.82) is 0 Å². The molecule has 0 radical (unpaired) electrons. The largest absolute Gasteiger partial charge is 0.461 e. The van der Waals surface area contributed by atoms with Crippen LogP contribution in [0.1, 0.15) is 35.1 Å².